The Hall–Kier alpha value is -7.04. The fourth-order valence-electron chi connectivity index (χ4n) is 7.24. The van der Waals surface area contributed by atoms with E-state index in [1.165, 1.54) is 16.5 Å². The summed E-state index contributed by atoms with van der Waals surface area (Å²) in [7, 11) is 0. The average molecular weight is 666 g/mol. The molecule has 4 nitrogen and oxygen atoms in total. The van der Waals surface area contributed by atoms with E-state index in [1.54, 1.807) is 0 Å². The highest BCUT2D eigenvalue weighted by molar-refractivity contribution is 6.11. The van der Waals surface area contributed by atoms with Crippen LogP contribution in [0.1, 0.15) is 0 Å². The highest BCUT2D eigenvalue weighted by atomic mass is 16.3. The summed E-state index contributed by atoms with van der Waals surface area (Å²) in [4.78, 5) is 12.7. The molecule has 0 amide bonds. The summed E-state index contributed by atoms with van der Waals surface area (Å²) in [6.45, 7) is 0. The van der Waals surface area contributed by atoms with Crippen LogP contribution in [0.15, 0.2) is 192 Å². The van der Waals surface area contributed by atoms with E-state index in [-0.39, 0.29) is 0 Å². The van der Waals surface area contributed by atoms with Gasteiger partial charge in [0.25, 0.3) is 0 Å². The lowest BCUT2D eigenvalue weighted by Gasteiger charge is -2.25. The molecular weight excluding hydrogens is 635 g/mol. The van der Waals surface area contributed by atoms with Crippen molar-refractivity contribution in [3.05, 3.63) is 188 Å². The third-order valence-electron chi connectivity index (χ3n) is 9.87. The van der Waals surface area contributed by atoms with E-state index in [0.29, 0.717) is 5.95 Å². The summed E-state index contributed by atoms with van der Waals surface area (Å²) in [6, 6.07) is 65.6. The fraction of sp³-hybridized carbons (Fsp3) is 0. The Morgan fingerprint density at radius 1 is 0.365 bits per heavy atom. The summed E-state index contributed by atoms with van der Waals surface area (Å²) < 4.78 is 6.36. The second kappa shape index (κ2) is 12.4. The van der Waals surface area contributed by atoms with Crippen molar-refractivity contribution < 1.29 is 4.42 Å². The number of anilines is 3. The zero-order valence-corrected chi connectivity index (χ0v) is 28.1. The fourth-order valence-corrected chi connectivity index (χ4v) is 7.24. The Kier molecular flexibility index (Phi) is 7.10. The molecule has 0 unspecified atom stereocenters. The number of furan rings is 1. The first kappa shape index (κ1) is 29.8. The zero-order chi connectivity index (χ0) is 34.4. The van der Waals surface area contributed by atoms with Gasteiger partial charge in [-0.2, -0.15) is 0 Å². The molecule has 10 rings (SSSR count). The van der Waals surface area contributed by atoms with Gasteiger partial charge in [-0.1, -0.05) is 127 Å². The number of hydrogen-bond donors (Lipinski definition) is 0. The summed E-state index contributed by atoms with van der Waals surface area (Å²) in [6.07, 6.45) is 0. The Morgan fingerprint density at radius 3 is 1.54 bits per heavy atom. The minimum Gasteiger partial charge on any atom is -0.456 e. The SMILES string of the molecule is c1ccc(-c2ccc(N(c3ccc(-c4ccccc4)cc3)c3nc(-c4ccc5oc6cc7ccccc7cc6c5c4)c4ccccc4n3)cc2)cc1. The maximum absolute atomic E-state index is 6.36. The molecule has 0 spiro atoms. The van der Waals surface area contributed by atoms with Crippen LogP contribution in [0.2, 0.25) is 0 Å². The van der Waals surface area contributed by atoms with Gasteiger partial charge in [0.15, 0.2) is 0 Å². The standard InChI is InChI=1S/C48H31N3O/c1-3-11-32(12-4-1)34-19-24-39(25-20-34)51(40-26-21-35(22-27-40)33-13-5-2-6-14-33)48-49-44-18-10-9-17-41(44)47(50-48)38-23-28-45-42(30-38)43-29-36-15-7-8-16-37(36)31-46(43)52-45/h1-31H. The van der Waals surface area contributed by atoms with Gasteiger partial charge in [-0.15, -0.1) is 0 Å². The largest absolute Gasteiger partial charge is 0.456 e. The monoisotopic (exact) mass is 665 g/mol. The lowest BCUT2D eigenvalue weighted by Crippen LogP contribution is -2.14. The molecule has 2 aromatic heterocycles. The molecule has 0 saturated heterocycles. The van der Waals surface area contributed by atoms with Gasteiger partial charge in [-0.05, 0) is 93.7 Å². The van der Waals surface area contributed by atoms with Crippen molar-refractivity contribution in [3.63, 3.8) is 0 Å². The van der Waals surface area contributed by atoms with Crippen LogP contribution in [0.25, 0.3) is 77.1 Å². The summed E-state index contributed by atoms with van der Waals surface area (Å²) in [5.41, 5.74) is 11.1. The van der Waals surface area contributed by atoms with E-state index in [2.05, 4.69) is 175 Å². The Bertz CT molecular complexity index is 2800. The quantitative estimate of drug-likeness (QED) is 0.177. The molecule has 4 heteroatoms. The van der Waals surface area contributed by atoms with Crippen LogP contribution < -0.4 is 4.90 Å². The Balaban J connectivity index is 1.15. The Labute approximate surface area is 300 Å². The van der Waals surface area contributed by atoms with Crippen molar-refractivity contribution in [2.24, 2.45) is 0 Å². The van der Waals surface area contributed by atoms with Gasteiger partial charge >= 0.3 is 0 Å². The molecule has 0 N–H and O–H groups in total. The molecule has 0 aliphatic carbocycles. The molecule has 10 aromatic rings. The maximum Gasteiger partial charge on any atom is 0.235 e. The number of fused-ring (bicyclic) bond motifs is 5. The third kappa shape index (κ3) is 5.26. The first-order valence-electron chi connectivity index (χ1n) is 17.5. The van der Waals surface area contributed by atoms with Crippen LogP contribution in [0.5, 0.6) is 0 Å². The lowest BCUT2D eigenvalue weighted by atomic mass is 10.0. The van der Waals surface area contributed by atoms with E-state index >= 15 is 0 Å². The molecule has 0 aliphatic rings. The van der Waals surface area contributed by atoms with Gasteiger partial charge in [0, 0.05) is 33.1 Å². The lowest BCUT2D eigenvalue weighted by molar-refractivity contribution is 0.669. The van der Waals surface area contributed by atoms with Crippen molar-refractivity contribution >= 4 is 60.9 Å². The molecule has 52 heavy (non-hydrogen) atoms. The molecular formula is C48H31N3O. The number of hydrogen-bond acceptors (Lipinski definition) is 4. The van der Waals surface area contributed by atoms with Crippen molar-refractivity contribution in [3.8, 4) is 33.5 Å². The number of para-hydroxylation sites is 1. The molecule has 0 aliphatic heterocycles. The molecule has 0 atom stereocenters. The molecule has 0 radical (unpaired) electrons. The number of benzene rings is 8. The molecule has 8 aromatic carbocycles. The van der Waals surface area contributed by atoms with Gasteiger partial charge in [-0.25, -0.2) is 9.97 Å². The number of aromatic nitrogens is 2. The smallest absolute Gasteiger partial charge is 0.235 e. The van der Waals surface area contributed by atoms with Crippen LogP contribution in [0.3, 0.4) is 0 Å². The minimum atomic E-state index is 0.594. The Morgan fingerprint density at radius 2 is 0.885 bits per heavy atom. The van der Waals surface area contributed by atoms with E-state index in [1.807, 2.05) is 18.2 Å². The number of rotatable bonds is 6. The van der Waals surface area contributed by atoms with Crippen LogP contribution in [0, 0.1) is 0 Å². The molecule has 0 bridgehead atoms. The predicted molar refractivity (Wildman–Crippen MR) is 215 cm³/mol. The summed E-state index contributed by atoms with van der Waals surface area (Å²) in [5, 5.41) is 5.49. The van der Waals surface area contributed by atoms with Crippen molar-refractivity contribution in [1.29, 1.82) is 0 Å². The van der Waals surface area contributed by atoms with Crippen molar-refractivity contribution in [2.75, 3.05) is 4.90 Å². The second-order valence-corrected chi connectivity index (χ2v) is 13.1. The third-order valence-corrected chi connectivity index (χ3v) is 9.87. The number of nitrogens with zero attached hydrogens (tertiary/aromatic N) is 3. The molecule has 244 valence electrons. The highest BCUT2D eigenvalue weighted by Crippen LogP contribution is 2.40. The summed E-state index contributed by atoms with van der Waals surface area (Å²) in [5.74, 6) is 0.594. The normalized spacial score (nSPS) is 11.5. The zero-order valence-electron chi connectivity index (χ0n) is 28.1. The first-order valence-corrected chi connectivity index (χ1v) is 17.5. The highest BCUT2D eigenvalue weighted by Gasteiger charge is 2.20. The van der Waals surface area contributed by atoms with E-state index in [0.717, 1.165) is 72.0 Å². The van der Waals surface area contributed by atoms with E-state index in [4.69, 9.17) is 14.4 Å². The topological polar surface area (TPSA) is 42.2 Å². The van der Waals surface area contributed by atoms with E-state index < -0.39 is 0 Å². The maximum atomic E-state index is 6.36. The van der Waals surface area contributed by atoms with Gasteiger partial charge in [0.05, 0.1) is 11.2 Å². The van der Waals surface area contributed by atoms with Crippen molar-refractivity contribution in [2.45, 2.75) is 0 Å². The predicted octanol–water partition coefficient (Wildman–Crippen LogP) is 13.2. The van der Waals surface area contributed by atoms with Crippen molar-refractivity contribution in [1.82, 2.24) is 9.97 Å². The van der Waals surface area contributed by atoms with E-state index in [9.17, 15) is 0 Å². The minimum absolute atomic E-state index is 0.594. The van der Waals surface area contributed by atoms with Crippen LogP contribution >= 0.6 is 0 Å². The van der Waals surface area contributed by atoms with Gasteiger partial charge < -0.3 is 4.42 Å². The van der Waals surface area contributed by atoms with Gasteiger partial charge in [0.1, 0.15) is 11.2 Å². The summed E-state index contributed by atoms with van der Waals surface area (Å²) >= 11 is 0. The van der Waals surface area contributed by atoms with Gasteiger partial charge in [0.2, 0.25) is 5.95 Å². The first-order chi connectivity index (χ1) is 25.7. The van der Waals surface area contributed by atoms with Crippen LogP contribution in [-0.2, 0) is 0 Å². The van der Waals surface area contributed by atoms with Crippen LogP contribution in [0.4, 0.5) is 17.3 Å². The average Bonchev–Trinajstić information content (AvgIpc) is 3.57. The molecule has 0 saturated carbocycles. The second-order valence-electron chi connectivity index (χ2n) is 13.1. The van der Waals surface area contributed by atoms with Gasteiger partial charge in [-0.3, -0.25) is 4.90 Å². The molecule has 2 heterocycles. The van der Waals surface area contributed by atoms with Crippen LogP contribution in [-0.4, -0.2) is 9.97 Å². The molecule has 0 fully saturated rings.